The summed E-state index contributed by atoms with van der Waals surface area (Å²) in [6, 6.07) is 9.77. The number of hydrogen-bond donors (Lipinski definition) is 1. The number of aromatic nitrogens is 3. The maximum atomic E-state index is 9.33. The van der Waals surface area contributed by atoms with Gasteiger partial charge >= 0.3 is 0 Å². The van der Waals surface area contributed by atoms with Gasteiger partial charge in [-0.1, -0.05) is 6.07 Å². The molecule has 3 heterocycles. The zero-order chi connectivity index (χ0) is 13.1. The summed E-state index contributed by atoms with van der Waals surface area (Å²) in [4.78, 5) is 6.37. The third-order valence-corrected chi connectivity index (χ3v) is 3.46. The largest absolute Gasteiger partial charge is 0.394 e. The van der Waals surface area contributed by atoms with Crippen molar-refractivity contribution in [3.05, 3.63) is 36.5 Å². The van der Waals surface area contributed by atoms with Gasteiger partial charge in [0.2, 0.25) is 0 Å². The number of hydrogen-bond acceptors (Lipinski definition) is 5. The molecule has 3 rings (SSSR count). The number of rotatable bonds is 3. The molecule has 1 N–H and O–H groups in total. The first-order chi connectivity index (χ1) is 9.38. The molecule has 5 heteroatoms. The average molecular weight is 256 g/mol. The van der Waals surface area contributed by atoms with Crippen LogP contribution in [0.1, 0.15) is 12.8 Å². The fraction of sp³-hybridized carbons (Fsp3) is 0.357. The van der Waals surface area contributed by atoms with E-state index in [0.717, 1.165) is 36.6 Å². The first-order valence-corrected chi connectivity index (χ1v) is 6.51. The van der Waals surface area contributed by atoms with Crippen molar-refractivity contribution in [2.24, 2.45) is 0 Å². The molecule has 0 amide bonds. The molecule has 1 saturated heterocycles. The van der Waals surface area contributed by atoms with Crippen LogP contribution in [0.2, 0.25) is 0 Å². The normalized spacial score (nSPS) is 18.8. The molecule has 19 heavy (non-hydrogen) atoms. The monoisotopic (exact) mass is 256 g/mol. The lowest BCUT2D eigenvalue weighted by atomic mass is 10.2. The molecule has 2 aromatic rings. The Morgan fingerprint density at radius 2 is 2.11 bits per heavy atom. The van der Waals surface area contributed by atoms with Gasteiger partial charge in [0.15, 0.2) is 5.82 Å². The van der Waals surface area contributed by atoms with Crippen LogP contribution in [0, 0.1) is 0 Å². The molecule has 98 valence electrons. The van der Waals surface area contributed by atoms with Crippen molar-refractivity contribution in [2.45, 2.75) is 18.9 Å². The van der Waals surface area contributed by atoms with Crippen LogP contribution in [0.5, 0.6) is 0 Å². The van der Waals surface area contributed by atoms with E-state index in [4.69, 9.17) is 0 Å². The molecule has 0 saturated carbocycles. The minimum atomic E-state index is 0.170. The first-order valence-electron chi connectivity index (χ1n) is 6.51. The second kappa shape index (κ2) is 5.32. The van der Waals surface area contributed by atoms with Crippen LogP contribution >= 0.6 is 0 Å². The molecule has 1 unspecified atom stereocenters. The van der Waals surface area contributed by atoms with E-state index < -0.39 is 0 Å². The number of aliphatic hydroxyl groups excluding tert-OH is 1. The standard InChI is InChI=1S/C14H16N4O/c19-10-11-4-3-9-18(11)14-7-6-13(16-17-14)12-5-1-2-8-15-12/h1-2,5-8,11,19H,3-4,9-10H2. The van der Waals surface area contributed by atoms with Gasteiger partial charge in [0.1, 0.15) is 5.69 Å². The fourth-order valence-electron chi connectivity index (χ4n) is 2.46. The molecule has 2 aromatic heterocycles. The minimum absolute atomic E-state index is 0.170. The van der Waals surface area contributed by atoms with E-state index in [1.807, 2.05) is 30.3 Å². The van der Waals surface area contributed by atoms with Crippen LogP contribution in [-0.2, 0) is 0 Å². The third kappa shape index (κ3) is 2.42. The third-order valence-electron chi connectivity index (χ3n) is 3.46. The van der Waals surface area contributed by atoms with E-state index >= 15 is 0 Å². The summed E-state index contributed by atoms with van der Waals surface area (Å²) in [6.07, 6.45) is 3.85. The Bertz CT molecular complexity index is 529. The summed E-state index contributed by atoms with van der Waals surface area (Å²) in [7, 11) is 0. The zero-order valence-corrected chi connectivity index (χ0v) is 10.6. The number of pyridine rings is 1. The van der Waals surface area contributed by atoms with Crippen LogP contribution in [0.15, 0.2) is 36.5 Å². The second-order valence-corrected chi connectivity index (χ2v) is 4.66. The van der Waals surface area contributed by atoms with Crippen molar-refractivity contribution in [1.29, 1.82) is 0 Å². The van der Waals surface area contributed by atoms with Crippen LogP contribution in [0.25, 0.3) is 11.4 Å². The Morgan fingerprint density at radius 3 is 2.79 bits per heavy atom. The molecule has 1 fully saturated rings. The fourth-order valence-corrected chi connectivity index (χ4v) is 2.46. The molecule has 1 atom stereocenters. The van der Waals surface area contributed by atoms with Crippen molar-refractivity contribution in [3.8, 4) is 11.4 Å². The van der Waals surface area contributed by atoms with Gasteiger partial charge in [0.25, 0.3) is 0 Å². The molecular formula is C14H16N4O. The SMILES string of the molecule is OCC1CCCN1c1ccc(-c2ccccn2)nn1. The molecule has 1 aliphatic rings. The summed E-state index contributed by atoms with van der Waals surface area (Å²) < 4.78 is 0. The van der Waals surface area contributed by atoms with Gasteiger partial charge in [-0.25, -0.2) is 0 Å². The van der Waals surface area contributed by atoms with Gasteiger partial charge in [-0.05, 0) is 37.1 Å². The lowest BCUT2D eigenvalue weighted by Gasteiger charge is -2.23. The number of anilines is 1. The van der Waals surface area contributed by atoms with E-state index in [1.165, 1.54) is 0 Å². The summed E-state index contributed by atoms with van der Waals surface area (Å²) in [5.74, 6) is 0.830. The van der Waals surface area contributed by atoms with Crippen molar-refractivity contribution in [1.82, 2.24) is 15.2 Å². The van der Waals surface area contributed by atoms with Crippen molar-refractivity contribution in [3.63, 3.8) is 0 Å². The molecule has 0 bridgehead atoms. The lowest BCUT2D eigenvalue weighted by molar-refractivity contribution is 0.266. The predicted octanol–water partition coefficient (Wildman–Crippen LogP) is 1.50. The van der Waals surface area contributed by atoms with Gasteiger partial charge in [-0.3, -0.25) is 4.98 Å². The van der Waals surface area contributed by atoms with Crippen molar-refractivity contribution >= 4 is 5.82 Å². The molecule has 0 radical (unpaired) electrons. The predicted molar refractivity (Wildman–Crippen MR) is 72.7 cm³/mol. The highest BCUT2D eigenvalue weighted by atomic mass is 16.3. The van der Waals surface area contributed by atoms with Crippen LogP contribution < -0.4 is 4.90 Å². The van der Waals surface area contributed by atoms with Crippen molar-refractivity contribution in [2.75, 3.05) is 18.1 Å². The van der Waals surface area contributed by atoms with Gasteiger partial charge < -0.3 is 10.0 Å². The lowest BCUT2D eigenvalue weighted by Crippen LogP contribution is -2.32. The average Bonchev–Trinajstić information content (AvgIpc) is 2.97. The van der Waals surface area contributed by atoms with E-state index in [0.29, 0.717) is 0 Å². The second-order valence-electron chi connectivity index (χ2n) is 4.66. The summed E-state index contributed by atoms with van der Waals surface area (Å²) in [5.41, 5.74) is 1.59. The van der Waals surface area contributed by atoms with E-state index in [-0.39, 0.29) is 12.6 Å². The van der Waals surface area contributed by atoms with Gasteiger partial charge in [-0.2, -0.15) is 0 Å². The molecule has 5 nitrogen and oxygen atoms in total. The number of nitrogens with zero attached hydrogens (tertiary/aromatic N) is 4. The summed E-state index contributed by atoms with van der Waals surface area (Å²) in [5, 5.41) is 17.8. The Hall–Kier alpha value is -2.01. The Balaban J connectivity index is 1.83. The Kier molecular flexibility index (Phi) is 3.37. The molecule has 0 spiro atoms. The molecule has 0 aliphatic carbocycles. The quantitative estimate of drug-likeness (QED) is 0.901. The highest BCUT2D eigenvalue weighted by molar-refractivity contribution is 5.55. The van der Waals surface area contributed by atoms with Crippen LogP contribution in [-0.4, -0.2) is 39.5 Å². The van der Waals surface area contributed by atoms with E-state index in [2.05, 4.69) is 20.1 Å². The van der Waals surface area contributed by atoms with Crippen LogP contribution in [0.4, 0.5) is 5.82 Å². The van der Waals surface area contributed by atoms with Crippen LogP contribution in [0.3, 0.4) is 0 Å². The van der Waals surface area contributed by atoms with E-state index in [1.54, 1.807) is 6.20 Å². The van der Waals surface area contributed by atoms with Crippen molar-refractivity contribution < 1.29 is 5.11 Å². The first kappa shape index (κ1) is 12.0. The summed E-state index contributed by atoms with van der Waals surface area (Å²) >= 11 is 0. The highest BCUT2D eigenvalue weighted by Gasteiger charge is 2.25. The smallest absolute Gasteiger partial charge is 0.151 e. The highest BCUT2D eigenvalue weighted by Crippen LogP contribution is 2.24. The van der Waals surface area contributed by atoms with Gasteiger partial charge in [-0.15, -0.1) is 10.2 Å². The maximum Gasteiger partial charge on any atom is 0.151 e. The molecular weight excluding hydrogens is 240 g/mol. The topological polar surface area (TPSA) is 62.1 Å². The van der Waals surface area contributed by atoms with Gasteiger partial charge in [0, 0.05) is 12.7 Å². The Labute approximate surface area is 111 Å². The maximum absolute atomic E-state index is 9.33. The minimum Gasteiger partial charge on any atom is -0.394 e. The van der Waals surface area contributed by atoms with Gasteiger partial charge in [0.05, 0.1) is 18.3 Å². The Morgan fingerprint density at radius 1 is 1.16 bits per heavy atom. The number of aliphatic hydroxyl groups is 1. The molecule has 0 aromatic carbocycles. The van der Waals surface area contributed by atoms with E-state index in [9.17, 15) is 5.11 Å². The summed E-state index contributed by atoms with van der Waals surface area (Å²) in [6.45, 7) is 1.10. The zero-order valence-electron chi connectivity index (χ0n) is 10.6. The molecule has 1 aliphatic heterocycles.